The van der Waals surface area contributed by atoms with Gasteiger partial charge in [-0.2, -0.15) is 13.2 Å². The lowest BCUT2D eigenvalue weighted by Gasteiger charge is -2.16. The van der Waals surface area contributed by atoms with E-state index in [1.54, 1.807) is 12.1 Å². The molecule has 1 fully saturated rings. The molecule has 3 rings (SSSR count). The number of hydrogen-bond donors (Lipinski definition) is 0. The normalized spacial score (nSPS) is 19.2. The van der Waals surface area contributed by atoms with Crippen LogP contribution in [0.5, 0.6) is 0 Å². The molecule has 1 aliphatic rings. The minimum atomic E-state index is -4.25. The van der Waals surface area contributed by atoms with Gasteiger partial charge < -0.3 is 0 Å². The third-order valence-corrected chi connectivity index (χ3v) is 4.42. The quantitative estimate of drug-likeness (QED) is 0.784. The molecule has 23 heavy (non-hydrogen) atoms. The highest BCUT2D eigenvalue weighted by Crippen LogP contribution is 2.30. The predicted molar refractivity (Wildman–Crippen MR) is 85.0 cm³/mol. The van der Waals surface area contributed by atoms with E-state index < -0.39 is 11.7 Å². The molecule has 122 valence electrons. The Morgan fingerprint density at radius 3 is 2.26 bits per heavy atom. The SMILES string of the molecule is FC(F)(F)c1ccc(CC2CCN(Cc3ccccc3)C2)cc1. The summed E-state index contributed by atoms with van der Waals surface area (Å²) in [6.07, 6.45) is -2.30. The zero-order valence-electron chi connectivity index (χ0n) is 12.9. The minimum Gasteiger partial charge on any atom is -0.299 e. The van der Waals surface area contributed by atoms with E-state index in [0.29, 0.717) is 5.92 Å². The van der Waals surface area contributed by atoms with E-state index >= 15 is 0 Å². The zero-order chi connectivity index (χ0) is 16.3. The molecule has 2 aromatic rings. The lowest BCUT2D eigenvalue weighted by molar-refractivity contribution is -0.137. The van der Waals surface area contributed by atoms with Gasteiger partial charge in [0.25, 0.3) is 0 Å². The molecule has 0 radical (unpaired) electrons. The highest BCUT2D eigenvalue weighted by atomic mass is 19.4. The second kappa shape index (κ2) is 6.75. The molecule has 1 aliphatic heterocycles. The van der Waals surface area contributed by atoms with Gasteiger partial charge in [-0.25, -0.2) is 0 Å². The summed E-state index contributed by atoms with van der Waals surface area (Å²) in [5.41, 5.74) is 1.73. The van der Waals surface area contributed by atoms with E-state index in [0.717, 1.165) is 38.0 Å². The van der Waals surface area contributed by atoms with Crippen LogP contribution in [0, 0.1) is 5.92 Å². The molecule has 4 heteroatoms. The molecule has 0 aromatic heterocycles. The summed E-state index contributed by atoms with van der Waals surface area (Å²) in [6, 6.07) is 16.0. The highest BCUT2D eigenvalue weighted by molar-refractivity contribution is 5.25. The molecule has 0 spiro atoms. The van der Waals surface area contributed by atoms with E-state index in [9.17, 15) is 13.2 Å². The van der Waals surface area contributed by atoms with E-state index in [-0.39, 0.29) is 0 Å². The fourth-order valence-electron chi connectivity index (χ4n) is 3.23. The molecule has 1 atom stereocenters. The Morgan fingerprint density at radius 2 is 1.61 bits per heavy atom. The Balaban J connectivity index is 1.54. The van der Waals surface area contributed by atoms with Gasteiger partial charge in [-0.1, -0.05) is 42.5 Å². The van der Waals surface area contributed by atoms with Crippen LogP contribution in [0.3, 0.4) is 0 Å². The average Bonchev–Trinajstić information content (AvgIpc) is 2.95. The maximum absolute atomic E-state index is 12.6. The van der Waals surface area contributed by atoms with Crippen LogP contribution < -0.4 is 0 Å². The van der Waals surface area contributed by atoms with E-state index in [4.69, 9.17) is 0 Å². The average molecular weight is 319 g/mol. The molecular formula is C19H20F3N. The monoisotopic (exact) mass is 319 g/mol. The van der Waals surface area contributed by atoms with Crippen LogP contribution >= 0.6 is 0 Å². The number of nitrogens with zero attached hydrogens (tertiary/aromatic N) is 1. The summed E-state index contributed by atoms with van der Waals surface area (Å²) in [5, 5.41) is 0. The van der Waals surface area contributed by atoms with Gasteiger partial charge in [0.2, 0.25) is 0 Å². The van der Waals surface area contributed by atoms with Gasteiger partial charge in [-0.05, 0) is 48.6 Å². The van der Waals surface area contributed by atoms with Gasteiger partial charge in [0.15, 0.2) is 0 Å². The Hall–Kier alpha value is -1.81. The van der Waals surface area contributed by atoms with Crippen molar-refractivity contribution < 1.29 is 13.2 Å². The second-order valence-corrected chi connectivity index (χ2v) is 6.27. The van der Waals surface area contributed by atoms with Crippen molar-refractivity contribution in [1.82, 2.24) is 4.90 Å². The molecule has 1 unspecified atom stereocenters. The molecule has 0 N–H and O–H groups in total. The summed E-state index contributed by atoms with van der Waals surface area (Å²) < 4.78 is 37.7. The van der Waals surface area contributed by atoms with E-state index in [1.807, 2.05) is 18.2 Å². The van der Waals surface area contributed by atoms with Gasteiger partial charge in [0.05, 0.1) is 5.56 Å². The highest BCUT2D eigenvalue weighted by Gasteiger charge is 2.30. The van der Waals surface area contributed by atoms with Crippen molar-refractivity contribution in [3.63, 3.8) is 0 Å². The first-order chi connectivity index (χ1) is 11.0. The molecule has 1 saturated heterocycles. The Morgan fingerprint density at radius 1 is 0.913 bits per heavy atom. The van der Waals surface area contributed by atoms with Crippen LogP contribution in [0.2, 0.25) is 0 Å². The molecule has 0 amide bonds. The van der Waals surface area contributed by atoms with Crippen LogP contribution in [0.25, 0.3) is 0 Å². The van der Waals surface area contributed by atoms with Crippen LogP contribution in [-0.2, 0) is 19.1 Å². The standard InChI is InChI=1S/C19H20F3N/c20-19(21,22)18-8-6-15(7-9-18)12-17-10-11-23(14-17)13-16-4-2-1-3-5-16/h1-9,17H,10-14H2. The molecule has 1 heterocycles. The van der Waals surface area contributed by atoms with E-state index in [1.165, 1.54) is 17.7 Å². The molecule has 2 aromatic carbocycles. The summed E-state index contributed by atoms with van der Waals surface area (Å²) >= 11 is 0. The van der Waals surface area contributed by atoms with Crippen LogP contribution in [0.1, 0.15) is 23.1 Å². The zero-order valence-corrected chi connectivity index (χ0v) is 12.9. The summed E-state index contributed by atoms with van der Waals surface area (Å²) in [7, 11) is 0. The summed E-state index contributed by atoms with van der Waals surface area (Å²) in [4.78, 5) is 2.42. The Kier molecular flexibility index (Phi) is 4.71. The number of likely N-dealkylation sites (tertiary alicyclic amines) is 1. The van der Waals surface area contributed by atoms with Gasteiger partial charge in [-0.15, -0.1) is 0 Å². The van der Waals surface area contributed by atoms with Crippen molar-refractivity contribution in [2.45, 2.75) is 25.6 Å². The number of benzene rings is 2. The van der Waals surface area contributed by atoms with E-state index in [2.05, 4.69) is 17.0 Å². The Labute approximate surface area is 134 Å². The first-order valence-electron chi connectivity index (χ1n) is 7.93. The fourth-order valence-corrected chi connectivity index (χ4v) is 3.23. The van der Waals surface area contributed by atoms with Crippen molar-refractivity contribution >= 4 is 0 Å². The lowest BCUT2D eigenvalue weighted by Crippen LogP contribution is -2.20. The van der Waals surface area contributed by atoms with Crippen molar-refractivity contribution in [3.8, 4) is 0 Å². The van der Waals surface area contributed by atoms with Gasteiger partial charge in [0.1, 0.15) is 0 Å². The summed E-state index contributed by atoms with van der Waals surface area (Å²) in [5.74, 6) is 0.524. The number of rotatable bonds is 4. The van der Waals surface area contributed by atoms with Crippen molar-refractivity contribution in [3.05, 3.63) is 71.3 Å². The fraction of sp³-hybridized carbons (Fsp3) is 0.368. The second-order valence-electron chi connectivity index (χ2n) is 6.27. The smallest absolute Gasteiger partial charge is 0.299 e. The molecule has 1 nitrogen and oxygen atoms in total. The van der Waals surface area contributed by atoms with Crippen LogP contribution in [-0.4, -0.2) is 18.0 Å². The predicted octanol–water partition coefficient (Wildman–Crippen LogP) is 4.77. The molecule has 0 saturated carbocycles. The van der Waals surface area contributed by atoms with Gasteiger partial charge >= 0.3 is 6.18 Å². The van der Waals surface area contributed by atoms with Crippen molar-refractivity contribution in [2.24, 2.45) is 5.92 Å². The third kappa shape index (κ3) is 4.35. The number of hydrogen-bond acceptors (Lipinski definition) is 1. The molecule has 0 aliphatic carbocycles. The first-order valence-corrected chi connectivity index (χ1v) is 7.93. The van der Waals surface area contributed by atoms with Gasteiger partial charge in [0, 0.05) is 13.1 Å². The summed E-state index contributed by atoms with van der Waals surface area (Å²) in [6.45, 7) is 3.01. The number of alkyl halides is 3. The topological polar surface area (TPSA) is 3.24 Å². The third-order valence-electron chi connectivity index (χ3n) is 4.42. The minimum absolute atomic E-state index is 0.524. The van der Waals surface area contributed by atoms with Gasteiger partial charge in [-0.3, -0.25) is 4.90 Å². The largest absolute Gasteiger partial charge is 0.416 e. The van der Waals surface area contributed by atoms with Crippen molar-refractivity contribution in [2.75, 3.05) is 13.1 Å². The molecular weight excluding hydrogens is 299 g/mol. The molecule has 0 bridgehead atoms. The van der Waals surface area contributed by atoms with Crippen molar-refractivity contribution in [1.29, 1.82) is 0 Å². The number of halogens is 3. The lowest BCUT2D eigenvalue weighted by atomic mass is 9.98. The first kappa shape index (κ1) is 16.1. The van der Waals surface area contributed by atoms with Crippen LogP contribution in [0.4, 0.5) is 13.2 Å². The van der Waals surface area contributed by atoms with Crippen LogP contribution in [0.15, 0.2) is 54.6 Å². The maximum atomic E-state index is 12.6. The maximum Gasteiger partial charge on any atom is 0.416 e. The Bertz CT molecular complexity index is 619.